The minimum Gasteiger partial charge on any atom is -0.870 e. The first-order valence-corrected chi connectivity index (χ1v) is 1.91. The van der Waals surface area contributed by atoms with E-state index in [0.29, 0.717) is 6.42 Å². The fourth-order valence-electron chi connectivity index (χ4n) is 0.400. The zero-order chi connectivity index (χ0) is 4.41. The molecule has 0 unspecified atom stereocenters. The first kappa shape index (κ1) is 11.2. The van der Waals surface area contributed by atoms with Gasteiger partial charge in [0.05, 0.1) is 0 Å². The van der Waals surface area contributed by atoms with Crippen LogP contribution in [0.3, 0.4) is 0 Å². The summed E-state index contributed by atoms with van der Waals surface area (Å²) < 4.78 is 0. The molecule has 1 rings (SSSR count). The number of nitrogens with one attached hydrogen (secondary N) is 2. The molecule has 1 heterocycles. The number of hydrazine groups is 1. The molecular formula is C3H7N2NaO2. The first-order valence-electron chi connectivity index (χ1n) is 1.91. The fraction of sp³-hybridized carbons (Fsp3) is 0.667. The molecule has 0 aromatic carbocycles. The number of carbonyl (C=O) groups is 1. The molecule has 0 bridgehead atoms. The number of hydrogen-bond donors (Lipinski definition) is 2. The van der Waals surface area contributed by atoms with Crippen LogP contribution in [0.2, 0.25) is 0 Å². The molecule has 1 aliphatic heterocycles. The largest absolute Gasteiger partial charge is 1.00 e. The fourth-order valence-corrected chi connectivity index (χ4v) is 0.400. The van der Waals surface area contributed by atoms with Crippen molar-refractivity contribution in [2.75, 3.05) is 6.54 Å². The summed E-state index contributed by atoms with van der Waals surface area (Å²) in [5.41, 5.74) is 5.10. The molecule has 0 spiro atoms. The van der Waals surface area contributed by atoms with E-state index in [1.165, 1.54) is 0 Å². The van der Waals surface area contributed by atoms with Gasteiger partial charge in [0, 0.05) is 13.0 Å². The maximum absolute atomic E-state index is 10.1. The van der Waals surface area contributed by atoms with Crippen LogP contribution in [0.5, 0.6) is 0 Å². The van der Waals surface area contributed by atoms with Gasteiger partial charge in [0.15, 0.2) is 0 Å². The second-order valence-electron chi connectivity index (χ2n) is 1.22. The topological polar surface area (TPSA) is 71.1 Å². The van der Waals surface area contributed by atoms with E-state index in [1.54, 1.807) is 0 Å². The van der Waals surface area contributed by atoms with Crippen LogP contribution in [-0.2, 0) is 4.79 Å². The standard InChI is InChI=1S/C3H6N2O.Na.H2O/c6-3-1-2-4-5-3;;/h4H,1-2H2,(H,5,6);;1H2/q;+1;/p-1. The Morgan fingerprint density at radius 1 is 1.50 bits per heavy atom. The van der Waals surface area contributed by atoms with Crippen LogP contribution in [0.1, 0.15) is 6.42 Å². The number of rotatable bonds is 0. The van der Waals surface area contributed by atoms with Crippen molar-refractivity contribution in [1.29, 1.82) is 0 Å². The number of carbonyl (C=O) groups excluding carboxylic acids is 1. The minimum absolute atomic E-state index is 0. The molecule has 1 amide bonds. The van der Waals surface area contributed by atoms with Crippen molar-refractivity contribution >= 4 is 5.91 Å². The van der Waals surface area contributed by atoms with Crippen LogP contribution in [0.15, 0.2) is 0 Å². The molecule has 0 radical (unpaired) electrons. The van der Waals surface area contributed by atoms with E-state index in [2.05, 4.69) is 10.9 Å². The van der Waals surface area contributed by atoms with Gasteiger partial charge < -0.3 is 5.48 Å². The maximum atomic E-state index is 10.1. The van der Waals surface area contributed by atoms with E-state index in [0.717, 1.165) is 6.54 Å². The molecule has 1 fully saturated rings. The average molecular weight is 126 g/mol. The molecule has 4 nitrogen and oxygen atoms in total. The van der Waals surface area contributed by atoms with Crippen molar-refractivity contribution in [3.05, 3.63) is 0 Å². The maximum Gasteiger partial charge on any atom is 1.00 e. The van der Waals surface area contributed by atoms with Crippen LogP contribution in [0.4, 0.5) is 0 Å². The monoisotopic (exact) mass is 126 g/mol. The van der Waals surface area contributed by atoms with Crippen molar-refractivity contribution in [1.82, 2.24) is 10.9 Å². The van der Waals surface area contributed by atoms with Gasteiger partial charge in [-0.15, -0.1) is 0 Å². The van der Waals surface area contributed by atoms with E-state index in [-0.39, 0.29) is 40.9 Å². The van der Waals surface area contributed by atoms with Crippen LogP contribution in [-0.4, -0.2) is 17.9 Å². The molecule has 5 heteroatoms. The Bertz CT molecular complexity index is 69.7. The molecule has 0 saturated carbocycles. The third-order valence-corrected chi connectivity index (χ3v) is 0.705. The van der Waals surface area contributed by atoms with E-state index in [9.17, 15) is 4.79 Å². The van der Waals surface area contributed by atoms with E-state index in [1.807, 2.05) is 0 Å². The second kappa shape index (κ2) is 5.53. The molecule has 0 aromatic rings. The quantitative estimate of drug-likeness (QED) is 0.323. The van der Waals surface area contributed by atoms with Crippen LogP contribution >= 0.6 is 0 Å². The Balaban J connectivity index is 0. The van der Waals surface area contributed by atoms with Gasteiger partial charge in [-0.3, -0.25) is 10.2 Å². The van der Waals surface area contributed by atoms with Crippen molar-refractivity contribution in [3.8, 4) is 0 Å². The van der Waals surface area contributed by atoms with E-state index < -0.39 is 0 Å². The summed E-state index contributed by atoms with van der Waals surface area (Å²) in [5, 5.41) is 0. The normalized spacial score (nSPS) is 15.8. The van der Waals surface area contributed by atoms with Crippen LogP contribution in [0, 0.1) is 0 Å². The van der Waals surface area contributed by atoms with Gasteiger partial charge in [-0.05, 0) is 0 Å². The van der Waals surface area contributed by atoms with Gasteiger partial charge >= 0.3 is 29.6 Å². The van der Waals surface area contributed by atoms with E-state index >= 15 is 0 Å². The summed E-state index contributed by atoms with van der Waals surface area (Å²) in [7, 11) is 0. The zero-order valence-electron chi connectivity index (χ0n) is 4.77. The molecule has 0 aromatic heterocycles. The van der Waals surface area contributed by atoms with Gasteiger partial charge in [-0.25, -0.2) is 5.43 Å². The Kier molecular flexibility index (Phi) is 7.75. The summed E-state index contributed by atoms with van der Waals surface area (Å²) in [6, 6.07) is 0. The molecule has 1 saturated heterocycles. The summed E-state index contributed by atoms with van der Waals surface area (Å²) in [5.74, 6) is 0.0926. The molecular weight excluding hydrogens is 119 g/mol. The molecule has 0 atom stereocenters. The third-order valence-electron chi connectivity index (χ3n) is 0.705. The predicted molar refractivity (Wildman–Crippen MR) is 22.7 cm³/mol. The van der Waals surface area contributed by atoms with Crippen molar-refractivity contribution in [3.63, 3.8) is 0 Å². The van der Waals surface area contributed by atoms with Gasteiger partial charge in [0.25, 0.3) is 0 Å². The number of hydrogen-bond acceptors (Lipinski definition) is 3. The SMILES string of the molecule is O=C1CCNN1.[Na+].[OH-]. The molecule has 42 valence electrons. The van der Waals surface area contributed by atoms with E-state index in [4.69, 9.17) is 0 Å². The first-order chi connectivity index (χ1) is 2.89. The van der Waals surface area contributed by atoms with Crippen molar-refractivity contribution in [2.24, 2.45) is 0 Å². The Morgan fingerprint density at radius 2 is 2.12 bits per heavy atom. The number of amides is 1. The summed E-state index contributed by atoms with van der Waals surface area (Å²) in [6.07, 6.45) is 0.625. The third kappa shape index (κ3) is 3.40. The second-order valence-corrected chi connectivity index (χ2v) is 1.22. The molecule has 3 N–H and O–H groups in total. The summed E-state index contributed by atoms with van der Waals surface area (Å²) >= 11 is 0. The van der Waals surface area contributed by atoms with Crippen molar-refractivity contribution in [2.45, 2.75) is 6.42 Å². The van der Waals surface area contributed by atoms with Gasteiger partial charge in [-0.2, -0.15) is 0 Å². The molecule has 8 heavy (non-hydrogen) atoms. The average Bonchev–Trinajstić information content (AvgIpc) is 1.86. The van der Waals surface area contributed by atoms with Crippen LogP contribution < -0.4 is 40.4 Å². The predicted octanol–water partition coefficient (Wildman–Crippen LogP) is -4.16. The minimum atomic E-state index is 0. The van der Waals surface area contributed by atoms with Crippen molar-refractivity contribution < 1.29 is 39.8 Å². The van der Waals surface area contributed by atoms with Crippen LogP contribution in [0.25, 0.3) is 0 Å². The zero-order valence-corrected chi connectivity index (χ0v) is 6.77. The molecule has 1 aliphatic rings. The smallest absolute Gasteiger partial charge is 0.870 e. The summed E-state index contributed by atoms with van der Waals surface area (Å²) in [6.45, 7) is 0.777. The Labute approximate surface area is 69.6 Å². The summed E-state index contributed by atoms with van der Waals surface area (Å²) in [4.78, 5) is 10.1. The Morgan fingerprint density at radius 3 is 2.25 bits per heavy atom. The molecule has 0 aliphatic carbocycles. The van der Waals surface area contributed by atoms with Gasteiger partial charge in [-0.1, -0.05) is 0 Å². The van der Waals surface area contributed by atoms with Gasteiger partial charge in [0.2, 0.25) is 5.91 Å². The Hall–Kier alpha value is 0.390. The van der Waals surface area contributed by atoms with Gasteiger partial charge in [0.1, 0.15) is 0 Å².